The van der Waals surface area contributed by atoms with E-state index in [4.69, 9.17) is 11.1 Å². The Hall–Kier alpha value is -1.55. The van der Waals surface area contributed by atoms with Crippen LogP contribution in [-0.4, -0.2) is 30.1 Å². The summed E-state index contributed by atoms with van der Waals surface area (Å²) in [5.41, 5.74) is 8.61. The zero-order valence-corrected chi connectivity index (χ0v) is 11.5. The van der Waals surface area contributed by atoms with Gasteiger partial charge in [-0.3, -0.25) is 5.41 Å². The normalized spacial score (nSPS) is 20.1. The molecule has 0 aromatic heterocycles. The zero-order valence-electron chi connectivity index (χ0n) is 11.5. The van der Waals surface area contributed by atoms with Crippen molar-refractivity contribution in [1.29, 1.82) is 5.41 Å². The van der Waals surface area contributed by atoms with Crippen molar-refractivity contribution in [3.63, 3.8) is 0 Å². The number of hydrogen-bond donors (Lipinski definition) is 3. The van der Waals surface area contributed by atoms with E-state index >= 15 is 0 Å². The molecule has 4 heteroatoms. The van der Waals surface area contributed by atoms with E-state index < -0.39 is 0 Å². The molecule has 1 aliphatic heterocycles. The van der Waals surface area contributed by atoms with E-state index in [1.165, 1.54) is 6.42 Å². The first-order chi connectivity index (χ1) is 9.13. The minimum absolute atomic E-state index is 0.0935. The minimum atomic E-state index is 0.0935. The first kappa shape index (κ1) is 13.9. The average molecular weight is 261 g/mol. The van der Waals surface area contributed by atoms with Gasteiger partial charge >= 0.3 is 0 Å². The summed E-state index contributed by atoms with van der Waals surface area (Å²) < 4.78 is 0. The highest BCUT2D eigenvalue weighted by atomic mass is 16.3. The summed E-state index contributed by atoms with van der Waals surface area (Å²) in [6, 6.07) is 6.10. The molecule has 19 heavy (non-hydrogen) atoms. The molecule has 1 saturated heterocycles. The molecule has 1 atom stereocenters. The molecule has 104 valence electrons. The summed E-state index contributed by atoms with van der Waals surface area (Å²) >= 11 is 0. The molecular weight excluding hydrogens is 238 g/mol. The summed E-state index contributed by atoms with van der Waals surface area (Å²) in [5, 5.41) is 17.4. The number of anilines is 1. The lowest BCUT2D eigenvalue weighted by molar-refractivity contribution is 0.255. The van der Waals surface area contributed by atoms with Crippen LogP contribution in [0.1, 0.15) is 36.8 Å². The van der Waals surface area contributed by atoms with Crippen LogP contribution in [0.4, 0.5) is 5.69 Å². The molecule has 1 aromatic rings. The highest BCUT2D eigenvalue weighted by molar-refractivity contribution is 6.00. The summed E-state index contributed by atoms with van der Waals surface area (Å²) in [6.45, 7) is 3.12. The SMILES string of the molecule is Cc1ccc(C(=N)N)c(N2CCCCCC2CO)c1. The molecule has 1 aromatic carbocycles. The predicted octanol–water partition coefficient (Wildman–Crippen LogP) is 2.02. The Morgan fingerprint density at radius 2 is 2.21 bits per heavy atom. The molecule has 0 bridgehead atoms. The molecule has 0 amide bonds. The van der Waals surface area contributed by atoms with E-state index in [0.29, 0.717) is 0 Å². The Bertz CT molecular complexity index is 459. The minimum Gasteiger partial charge on any atom is -0.394 e. The number of aryl methyl sites for hydroxylation is 1. The molecule has 4 N–H and O–H groups in total. The second-order valence-corrected chi connectivity index (χ2v) is 5.31. The summed E-state index contributed by atoms with van der Waals surface area (Å²) in [4.78, 5) is 2.23. The maximum Gasteiger partial charge on any atom is 0.124 e. The van der Waals surface area contributed by atoms with E-state index in [1.54, 1.807) is 0 Å². The van der Waals surface area contributed by atoms with Crippen molar-refractivity contribution in [2.75, 3.05) is 18.1 Å². The number of nitrogens with two attached hydrogens (primary N) is 1. The van der Waals surface area contributed by atoms with Crippen LogP contribution in [0.25, 0.3) is 0 Å². The largest absolute Gasteiger partial charge is 0.394 e. The Labute approximate surface area is 114 Å². The van der Waals surface area contributed by atoms with E-state index in [1.807, 2.05) is 19.1 Å². The average Bonchev–Trinajstić information content (AvgIpc) is 2.63. The molecule has 2 rings (SSSR count). The van der Waals surface area contributed by atoms with Gasteiger partial charge in [-0.25, -0.2) is 0 Å². The number of hydrogen-bond acceptors (Lipinski definition) is 3. The number of amidine groups is 1. The van der Waals surface area contributed by atoms with Crippen molar-refractivity contribution in [3.8, 4) is 0 Å². The van der Waals surface area contributed by atoms with Crippen molar-refractivity contribution < 1.29 is 5.11 Å². The number of nitrogen functional groups attached to an aromatic ring is 1. The molecule has 1 heterocycles. The number of nitrogens with zero attached hydrogens (tertiary/aromatic N) is 1. The monoisotopic (exact) mass is 261 g/mol. The van der Waals surface area contributed by atoms with Crippen molar-refractivity contribution in [3.05, 3.63) is 29.3 Å². The Morgan fingerprint density at radius 3 is 2.89 bits per heavy atom. The number of rotatable bonds is 3. The molecule has 0 radical (unpaired) electrons. The molecule has 0 saturated carbocycles. The molecule has 4 nitrogen and oxygen atoms in total. The predicted molar refractivity (Wildman–Crippen MR) is 78.9 cm³/mol. The summed E-state index contributed by atoms with van der Waals surface area (Å²) in [5.74, 6) is 0.0935. The van der Waals surface area contributed by atoms with Gasteiger partial charge in [-0.05, 0) is 37.5 Å². The van der Waals surface area contributed by atoms with E-state index in [2.05, 4.69) is 11.0 Å². The quantitative estimate of drug-likeness (QED) is 0.575. The zero-order chi connectivity index (χ0) is 13.8. The molecule has 1 fully saturated rings. The third-order valence-electron chi connectivity index (χ3n) is 3.84. The second-order valence-electron chi connectivity index (χ2n) is 5.31. The molecule has 0 spiro atoms. The van der Waals surface area contributed by atoms with Gasteiger partial charge in [0.25, 0.3) is 0 Å². The number of aliphatic hydroxyl groups is 1. The topological polar surface area (TPSA) is 73.3 Å². The van der Waals surface area contributed by atoms with Crippen LogP contribution in [0, 0.1) is 12.3 Å². The highest BCUT2D eigenvalue weighted by Gasteiger charge is 2.23. The summed E-state index contributed by atoms with van der Waals surface area (Å²) in [6.07, 6.45) is 4.49. The van der Waals surface area contributed by atoms with Crippen LogP contribution >= 0.6 is 0 Å². The van der Waals surface area contributed by atoms with Crippen LogP contribution in [-0.2, 0) is 0 Å². The number of benzene rings is 1. The fourth-order valence-electron chi connectivity index (χ4n) is 2.79. The maximum absolute atomic E-state index is 9.62. The first-order valence-electron chi connectivity index (χ1n) is 6.96. The van der Waals surface area contributed by atoms with Crippen LogP contribution in [0.3, 0.4) is 0 Å². The maximum atomic E-state index is 9.62. The van der Waals surface area contributed by atoms with E-state index in [-0.39, 0.29) is 18.5 Å². The van der Waals surface area contributed by atoms with Crippen LogP contribution in [0.2, 0.25) is 0 Å². The van der Waals surface area contributed by atoms with Gasteiger partial charge in [0.05, 0.1) is 12.6 Å². The third kappa shape index (κ3) is 3.07. The van der Waals surface area contributed by atoms with E-state index in [0.717, 1.165) is 42.6 Å². The van der Waals surface area contributed by atoms with Gasteiger partial charge in [0, 0.05) is 17.8 Å². The highest BCUT2D eigenvalue weighted by Crippen LogP contribution is 2.28. The summed E-state index contributed by atoms with van der Waals surface area (Å²) in [7, 11) is 0. The van der Waals surface area contributed by atoms with Gasteiger partial charge in [0.1, 0.15) is 5.84 Å². The smallest absolute Gasteiger partial charge is 0.124 e. The van der Waals surface area contributed by atoms with Gasteiger partial charge in [-0.15, -0.1) is 0 Å². The van der Waals surface area contributed by atoms with Gasteiger partial charge in [-0.2, -0.15) is 0 Å². The van der Waals surface area contributed by atoms with Crippen LogP contribution in [0.15, 0.2) is 18.2 Å². The second kappa shape index (κ2) is 6.06. The molecule has 0 aliphatic carbocycles. The van der Waals surface area contributed by atoms with Gasteiger partial charge < -0.3 is 15.7 Å². The fraction of sp³-hybridized carbons (Fsp3) is 0.533. The Balaban J connectivity index is 2.42. The van der Waals surface area contributed by atoms with Crippen molar-refractivity contribution in [2.24, 2.45) is 5.73 Å². The first-order valence-corrected chi connectivity index (χ1v) is 6.96. The number of nitrogens with one attached hydrogen (secondary N) is 1. The van der Waals surface area contributed by atoms with Crippen molar-refractivity contribution >= 4 is 11.5 Å². The Morgan fingerprint density at radius 1 is 1.42 bits per heavy atom. The number of aliphatic hydroxyl groups excluding tert-OH is 1. The van der Waals surface area contributed by atoms with Gasteiger partial charge in [0.2, 0.25) is 0 Å². The fourth-order valence-corrected chi connectivity index (χ4v) is 2.79. The van der Waals surface area contributed by atoms with Crippen molar-refractivity contribution in [1.82, 2.24) is 0 Å². The molecule has 1 unspecified atom stereocenters. The lowest BCUT2D eigenvalue weighted by Gasteiger charge is -2.32. The third-order valence-corrected chi connectivity index (χ3v) is 3.84. The Kier molecular flexibility index (Phi) is 4.43. The van der Waals surface area contributed by atoms with Gasteiger partial charge in [-0.1, -0.05) is 18.9 Å². The van der Waals surface area contributed by atoms with E-state index in [9.17, 15) is 5.11 Å². The van der Waals surface area contributed by atoms with Crippen LogP contribution < -0.4 is 10.6 Å². The lowest BCUT2D eigenvalue weighted by Crippen LogP contribution is -2.38. The molecule has 1 aliphatic rings. The van der Waals surface area contributed by atoms with Gasteiger partial charge in [0.15, 0.2) is 0 Å². The molecular formula is C15H23N3O. The van der Waals surface area contributed by atoms with Crippen LogP contribution in [0.5, 0.6) is 0 Å². The standard InChI is InChI=1S/C15H23N3O/c1-11-6-7-13(15(16)17)14(9-11)18-8-4-2-3-5-12(18)10-19/h6-7,9,12,19H,2-5,8,10H2,1H3,(H3,16,17). The lowest BCUT2D eigenvalue weighted by atomic mass is 10.0. The van der Waals surface area contributed by atoms with Crippen molar-refractivity contribution in [2.45, 2.75) is 38.6 Å².